The van der Waals surface area contributed by atoms with Gasteiger partial charge in [0.05, 0.1) is 38.7 Å². The van der Waals surface area contributed by atoms with Crippen molar-refractivity contribution in [2.45, 2.75) is 250 Å². The predicted octanol–water partition coefficient (Wildman–Crippen LogP) is 13.2. The Morgan fingerprint density at radius 1 is 0.418 bits per heavy atom. The number of hydrogen-bond acceptors (Lipinski definition) is 18. The van der Waals surface area contributed by atoms with Crippen LogP contribution in [0.25, 0.3) is 0 Å². The second-order valence-corrected chi connectivity index (χ2v) is 30.3. The number of carbonyl (C=O) groups excluding carboxylic acids is 6. The molecule has 10 aliphatic rings. The maximum absolute atomic E-state index is 13.2. The summed E-state index contributed by atoms with van der Waals surface area (Å²) in [6, 6.07) is 27.2. The lowest BCUT2D eigenvalue weighted by molar-refractivity contribution is -0.184. The Hall–Kier alpha value is -7.11. The number of benzene rings is 4. The van der Waals surface area contributed by atoms with Gasteiger partial charge < -0.3 is 68.2 Å². The lowest BCUT2D eigenvalue weighted by Crippen LogP contribution is -2.51. The molecule has 0 bridgehead atoms. The number of piperidine rings is 4. The number of Topliss-reactive ketones (excluding diaryl/α,β-unsaturated/α-hetero) is 2. The molecule has 4 aliphatic carbocycles. The van der Waals surface area contributed by atoms with E-state index in [0.717, 1.165) is 217 Å². The lowest BCUT2D eigenvalue weighted by atomic mass is 9.87. The molecule has 6 saturated heterocycles. The highest BCUT2D eigenvalue weighted by molar-refractivity contribution is 5.94. The first-order valence-corrected chi connectivity index (χ1v) is 40.3. The van der Waals surface area contributed by atoms with Gasteiger partial charge in [0, 0.05) is 183 Å². The highest BCUT2D eigenvalue weighted by atomic mass is 19.1. The number of carbonyl (C=O) groups is 6. The van der Waals surface area contributed by atoms with Crippen molar-refractivity contribution in [3.63, 3.8) is 0 Å². The molecule has 4 aromatic rings. The highest BCUT2D eigenvalue weighted by Gasteiger charge is 2.44. The molecule has 10 fully saturated rings. The van der Waals surface area contributed by atoms with E-state index in [1.54, 1.807) is 86.0 Å². The van der Waals surface area contributed by atoms with Crippen LogP contribution in [0.5, 0.6) is 0 Å². The molecule has 4 saturated carbocycles. The highest BCUT2D eigenvalue weighted by Crippen LogP contribution is 2.40. The third kappa shape index (κ3) is 25.7. The Kier molecular flexibility index (Phi) is 34.6. The number of nitrogens with two attached hydrogens (primary N) is 1. The number of ketones is 2. The third-order valence-electron chi connectivity index (χ3n) is 23.0. The molecule has 0 unspecified atom stereocenters. The predicted molar refractivity (Wildman–Crippen MR) is 417 cm³/mol. The number of amides is 4. The molecule has 6 aliphatic heterocycles. The molecule has 110 heavy (non-hydrogen) atoms. The molecular weight excluding hydrogens is 1420 g/mol. The van der Waals surface area contributed by atoms with Crippen LogP contribution in [0.4, 0.5) is 40.3 Å². The van der Waals surface area contributed by atoms with E-state index in [1.807, 2.05) is 23.6 Å². The van der Waals surface area contributed by atoms with E-state index in [9.17, 15) is 46.3 Å². The first-order valence-electron chi connectivity index (χ1n) is 40.3. The average molecular weight is 1540 g/mol. The van der Waals surface area contributed by atoms with Crippen molar-refractivity contribution in [1.29, 1.82) is 0 Å². The standard InChI is InChI=1S/C21H30FN3O2.C21H29FN2O3.C19H25FN2O2.C13H17FN2O.C8H12O3.C2H7NO/c1-3-27-23-18-6-10-19(11-7-18)24-14-12-21(13-15-24)25(16(2)26)20-8-4-17(22)5-9-20;1-16(25)24(19-4-2-17(22)3-5-19)20-8-12-23(13-9-20)18-6-10-21(11-7-18)26-14-15-27-21;1-14(23)22(17-4-2-15(20)3-5-17)18-10-12-21(13-11-18)16-6-8-19(24)9-7-16;1-10(17)16(13-6-8-15-9-7-13)12-4-2-11(14)3-5-12;9-7-1-3-8(4-2-7)10-5-6-11-8;1-2-4-3/h4-5,8-9,19,21H,3,6-7,10-15H2,1-2H3;2-5,18,20H,6-15H2,1H3;2-5,16,18H,6-13H2,1H3;2-5,13,15H,6-9H2,1H3;1-6H2;2-3H2,1H3. The van der Waals surface area contributed by atoms with Crippen LogP contribution in [-0.4, -0.2) is 201 Å². The molecule has 3 N–H and O–H groups in total. The smallest absolute Gasteiger partial charge is 0.224 e. The van der Waals surface area contributed by atoms with Crippen LogP contribution in [0.2, 0.25) is 0 Å². The molecule has 22 nitrogen and oxygen atoms in total. The summed E-state index contributed by atoms with van der Waals surface area (Å²) in [7, 11) is 0. The van der Waals surface area contributed by atoms with Crippen LogP contribution in [0.1, 0.15) is 196 Å². The number of halogens is 4. The first-order chi connectivity index (χ1) is 53.1. The zero-order valence-corrected chi connectivity index (χ0v) is 65.7. The third-order valence-corrected chi connectivity index (χ3v) is 23.0. The summed E-state index contributed by atoms with van der Waals surface area (Å²) in [4.78, 5) is 94.7. The van der Waals surface area contributed by atoms with E-state index < -0.39 is 0 Å². The summed E-state index contributed by atoms with van der Waals surface area (Å²) >= 11 is 0. The van der Waals surface area contributed by atoms with Crippen LogP contribution in [0.15, 0.2) is 102 Å². The van der Waals surface area contributed by atoms with Crippen molar-refractivity contribution in [2.24, 2.45) is 11.1 Å². The van der Waals surface area contributed by atoms with Gasteiger partial charge in [-0.05, 0) is 227 Å². The van der Waals surface area contributed by atoms with Crippen molar-refractivity contribution in [3.05, 3.63) is 120 Å². The van der Waals surface area contributed by atoms with Crippen LogP contribution < -0.4 is 30.8 Å². The van der Waals surface area contributed by atoms with Gasteiger partial charge in [0.25, 0.3) is 0 Å². The summed E-state index contributed by atoms with van der Waals surface area (Å²) < 4.78 is 75.1. The Labute approximate surface area is 648 Å². The van der Waals surface area contributed by atoms with E-state index in [2.05, 4.69) is 35.9 Å². The number of oxime groups is 1. The van der Waals surface area contributed by atoms with Gasteiger partial charge in [0.1, 0.15) is 41.4 Å². The Bertz CT molecular complexity index is 3480. The van der Waals surface area contributed by atoms with Crippen molar-refractivity contribution < 1.29 is 75.0 Å². The van der Waals surface area contributed by atoms with Crippen molar-refractivity contribution >= 4 is 63.7 Å². The number of rotatable bonds is 14. The molecule has 4 aromatic carbocycles. The number of anilines is 4. The maximum atomic E-state index is 13.2. The molecule has 0 atom stereocenters. The van der Waals surface area contributed by atoms with Crippen LogP contribution in [-0.2, 0) is 57.4 Å². The summed E-state index contributed by atoms with van der Waals surface area (Å²) in [5, 5.41) is 7.47. The van der Waals surface area contributed by atoms with Gasteiger partial charge in [0.2, 0.25) is 23.6 Å². The Morgan fingerprint density at radius 2 is 0.691 bits per heavy atom. The van der Waals surface area contributed by atoms with Crippen molar-refractivity contribution in [3.8, 4) is 0 Å². The van der Waals surface area contributed by atoms with E-state index >= 15 is 0 Å². The molecule has 6 heterocycles. The zero-order chi connectivity index (χ0) is 78.6. The Balaban J connectivity index is 0.000000160. The molecule has 2 spiro atoms. The summed E-state index contributed by atoms with van der Waals surface area (Å²) in [5.41, 5.74) is 4.31. The van der Waals surface area contributed by atoms with Gasteiger partial charge in [-0.1, -0.05) is 5.16 Å². The van der Waals surface area contributed by atoms with Gasteiger partial charge in [-0.2, -0.15) is 0 Å². The van der Waals surface area contributed by atoms with Gasteiger partial charge in [-0.3, -0.25) is 28.8 Å². The maximum Gasteiger partial charge on any atom is 0.224 e. The summed E-state index contributed by atoms with van der Waals surface area (Å²) in [5.74, 6) is 3.54. The number of nitrogens with zero attached hydrogens (tertiary/aromatic N) is 8. The van der Waals surface area contributed by atoms with E-state index in [-0.39, 0.29) is 82.6 Å². The monoisotopic (exact) mass is 1540 g/mol. The second kappa shape index (κ2) is 43.8. The minimum Gasteiger partial charge on any atom is -0.396 e. The molecule has 26 heteroatoms. The molecule has 0 radical (unpaired) electrons. The van der Waals surface area contributed by atoms with Crippen LogP contribution in [0, 0.1) is 23.3 Å². The summed E-state index contributed by atoms with van der Waals surface area (Å²) in [6.07, 6.45) is 22.1. The molecule has 0 aromatic heterocycles. The van der Waals surface area contributed by atoms with E-state index in [0.29, 0.717) is 81.8 Å². The van der Waals surface area contributed by atoms with Gasteiger partial charge in [-0.15, -0.1) is 0 Å². The average Bonchev–Trinajstić information content (AvgIpc) is 1.25. The van der Waals surface area contributed by atoms with Gasteiger partial charge in [0.15, 0.2) is 11.6 Å². The summed E-state index contributed by atoms with van der Waals surface area (Å²) in [6.45, 7) is 21.9. The van der Waals surface area contributed by atoms with Crippen LogP contribution in [0.3, 0.4) is 0 Å². The SMILES string of the molecule is CC(=O)N(c1ccc(F)cc1)C1CCN(C2CCC(=O)CC2)CC1.CC(=O)N(c1ccc(F)cc1)C1CCN(C2CCC3(CC2)OCCO3)CC1.CC(=O)N(c1ccc(F)cc1)C1CCNCC1.CCON.CCON=C1CCC(N2CCC(N(C(C)=O)c3ccc(F)cc3)CC2)CC1.O=C1CCC2(CC1)OCCO2. The van der Waals surface area contributed by atoms with Gasteiger partial charge >= 0.3 is 0 Å². The molecular formula is C84H120F4N10O12. The molecule has 14 rings (SSSR count). The quantitative estimate of drug-likeness (QED) is 0.0883. The van der Waals surface area contributed by atoms with Crippen LogP contribution >= 0.6 is 0 Å². The number of likely N-dealkylation sites (tertiary alicyclic amines) is 3. The lowest BCUT2D eigenvalue weighted by Gasteiger charge is -2.44. The fourth-order valence-corrected chi connectivity index (χ4v) is 17.3. The fourth-order valence-electron chi connectivity index (χ4n) is 17.3. The fraction of sp³-hybridized carbons (Fsp3) is 0.631. The zero-order valence-electron chi connectivity index (χ0n) is 65.7. The number of ether oxygens (including phenoxy) is 4. The van der Waals surface area contributed by atoms with Crippen molar-refractivity contribution in [1.82, 2.24) is 20.0 Å². The van der Waals surface area contributed by atoms with E-state index in [1.165, 1.54) is 54.2 Å². The minimum atomic E-state index is -0.367. The van der Waals surface area contributed by atoms with Gasteiger partial charge in [-0.25, -0.2) is 23.5 Å². The Morgan fingerprint density at radius 3 is 0.982 bits per heavy atom. The second-order valence-electron chi connectivity index (χ2n) is 30.3. The van der Waals surface area contributed by atoms with Crippen molar-refractivity contribution in [2.75, 3.05) is 112 Å². The molecule has 606 valence electrons. The number of hydrogen-bond donors (Lipinski definition) is 2. The normalized spacial score (nSPS) is 21.7. The van der Waals surface area contributed by atoms with E-state index in [4.69, 9.17) is 23.8 Å². The molecule has 4 amide bonds. The first kappa shape index (κ1) is 86.9. The minimum absolute atomic E-state index is 0.00308. The largest absolute Gasteiger partial charge is 0.396 e. The topological polar surface area (TPSA) is 231 Å². The number of nitrogens with one attached hydrogen (secondary N) is 1.